The molecule has 5 heteroatoms. The van der Waals surface area contributed by atoms with Gasteiger partial charge in [-0.15, -0.1) is 0 Å². The third-order valence-electron chi connectivity index (χ3n) is 2.00. The van der Waals surface area contributed by atoms with Gasteiger partial charge in [0.25, 0.3) is 0 Å². The van der Waals surface area contributed by atoms with E-state index in [-0.39, 0.29) is 6.04 Å². The summed E-state index contributed by atoms with van der Waals surface area (Å²) in [6, 6.07) is 0.140. The Morgan fingerprint density at radius 3 is 3.00 bits per heavy atom. The van der Waals surface area contributed by atoms with Gasteiger partial charge in [0.05, 0.1) is 0 Å². The number of nitrogens with zero attached hydrogens (tertiary/aromatic N) is 2. The molecule has 1 aromatic rings. The van der Waals surface area contributed by atoms with Crippen LogP contribution in [-0.2, 0) is 12.8 Å². The minimum absolute atomic E-state index is 0.140. The molecule has 0 aromatic carbocycles. The molecule has 2 N–H and O–H groups in total. The summed E-state index contributed by atoms with van der Waals surface area (Å²) in [4.78, 5) is 4.26. The SMILES string of the molecule is CCC(N)Cc1noc(CCSC)n1. The van der Waals surface area contributed by atoms with Crippen molar-refractivity contribution in [3.63, 3.8) is 0 Å². The molecule has 0 saturated heterocycles. The van der Waals surface area contributed by atoms with E-state index in [0.717, 1.165) is 30.3 Å². The van der Waals surface area contributed by atoms with Crippen LogP contribution in [0, 0.1) is 0 Å². The fourth-order valence-corrected chi connectivity index (χ4v) is 1.42. The Labute approximate surface area is 88.6 Å². The number of rotatable bonds is 6. The van der Waals surface area contributed by atoms with Gasteiger partial charge in [0.2, 0.25) is 5.89 Å². The molecule has 0 aliphatic rings. The topological polar surface area (TPSA) is 64.9 Å². The first-order chi connectivity index (χ1) is 6.76. The lowest BCUT2D eigenvalue weighted by Gasteiger charge is -2.02. The second-order valence-corrected chi connectivity index (χ2v) is 4.21. The summed E-state index contributed by atoms with van der Waals surface area (Å²) in [6.45, 7) is 2.05. The molecular weight excluding hydrogens is 198 g/mol. The average Bonchev–Trinajstić information content (AvgIpc) is 2.62. The third kappa shape index (κ3) is 3.67. The van der Waals surface area contributed by atoms with E-state index in [1.807, 2.05) is 0 Å². The summed E-state index contributed by atoms with van der Waals surface area (Å²) in [7, 11) is 0. The van der Waals surface area contributed by atoms with Gasteiger partial charge in [-0.05, 0) is 12.7 Å². The van der Waals surface area contributed by atoms with Crippen LogP contribution in [0.1, 0.15) is 25.1 Å². The van der Waals surface area contributed by atoms with Crippen molar-refractivity contribution in [1.82, 2.24) is 10.1 Å². The molecule has 1 unspecified atom stereocenters. The molecule has 0 radical (unpaired) electrons. The van der Waals surface area contributed by atoms with Crippen molar-refractivity contribution < 1.29 is 4.52 Å². The quantitative estimate of drug-likeness (QED) is 0.773. The van der Waals surface area contributed by atoms with Gasteiger partial charge in [-0.2, -0.15) is 16.7 Å². The summed E-state index contributed by atoms with van der Waals surface area (Å²) in [5, 5.41) is 3.88. The first-order valence-corrected chi connectivity index (χ1v) is 6.21. The maximum atomic E-state index is 5.79. The van der Waals surface area contributed by atoms with Crippen LogP contribution in [0.15, 0.2) is 4.52 Å². The highest BCUT2D eigenvalue weighted by Gasteiger charge is 2.08. The highest BCUT2D eigenvalue weighted by molar-refractivity contribution is 7.98. The van der Waals surface area contributed by atoms with Crippen molar-refractivity contribution in [2.45, 2.75) is 32.2 Å². The minimum Gasteiger partial charge on any atom is -0.339 e. The number of hydrogen-bond acceptors (Lipinski definition) is 5. The van der Waals surface area contributed by atoms with Crippen LogP contribution < -0.4 is 5.73 Å². The van der Waals surface area contributed by atoms with E-state index in [4.69, 9.17) is 10.3 Å². The molecule has 1 rings (SSSR count). The number of hydrogen-bond donors (Lipinski definition) is 1. The first kappa shape index (κ1) is 11.5. The number of aryl methyl sites for hydroxylation is 1. The van der Waals surface area contributed by atoms with Gasteiger partial charge >= 0.3 is 0 Å². The number of nitrogens with two attached hydrogens (primary N) is 1. The van der Waals surface area contributed by atoms with E-state index >= 15 is 0 Å². The molecule has 0 aliphatic heterocycles. The van der Waals surface area contributed by atoms with Gasteiger partial charge in [0.15, 0.2) is 5.82 Å². The van der Waals surface area contributed by atoms with Crippen molar-refractivity contribution in [2.24, 2.45) is 5.73 Å². The fraction of sp³-hybridized carbons (Fsp3) is 0.778. The van der Waals surface area contributed by atoms with E-state index < -0.39 is 0 Å². The monoisotopic (exact) mass is 215 g/mol. The molecule has 0 spiro atoms. The summed E-state index contributed by atoms with van der Waals surface area (Å²) < 4.78 is 5.08. The zero-order valence-corrected chi connectivity index (χ0v) is 9.51. The molecular formula is C9H17N3OS. The predicted octanol–water partition coefficient (Wildman–Crippen LogP) is 1.25. The summed E-state index contributed by atoms with van der Waals surface area (Å²) in [5.41, 5.74) is 5.79. The van der Waals surface area contributed by atoms with Crippen LogP contribution in [0.3, 0.4) is 0 Å². The molecule has 0 fully saturated rings. The highest BCUT2D eigenvalue weighted by atomic mass is 32.2. The Morgan fingerprint density at radius 2 is 2.36 bits per heavy atom. The maximum Gasteiger partial charge on any atom is 0.227 e. The lowest BCUT2D eigenvalue weighted by molar-refractivity contribution is 0.375. The zero-order valence-electron chi connectivity index (χ0n) is 8.69. The van der Waals surface area contributed by atoms with Gasteiger partial charge < -0.3 is 10.3 Å². The first-order valence-electron chi connectivity index (χ1n) is 4.82. The van der Waals surface area contributed by atoms with Gasteiger partial charge in [0, 0.05) is 24.6 Å². The summed E-state index contributed by atoms with van der Waals surface area (Å²) >= 11 is 1.77. The van der Waals surface area contributed by atoms with E-state index in [1.165, 1.54) is 0 Å². The lowest BCUT2D eigenvalue weighted by atomic mass is 10.2. The van der Waals surface area contributed by atoms with Crippen molar-refractivity contribution >= 4 is 11.8 Å². The molecule has 14 heavy (non-hydrogen) atoms. The largest absolute Gasteiger partial charge is 0.339 e. The standard InChI is InChI=1S/C9H17N3OS/c1-3-7(10)6-8-11-9(13-12-8)4-5-14-2/h7H,3-6,10H2,1-2H3. The molecule has 80 valence electrons. The van der Waals surface area contributed by atoms with E-state index in [1.54, 1.807) is 11.8 Å². The normalized spacial score (nSPS) is 13.1. The van der Waals surface area contributed by atoms with E-state index in [2.05, 4.69) is 23.3 Å². The second kappa shape index (κ2) is 6.03. The van der Waals surface area contributed by atoms with Gasteiger partial charge in [-0.3, -0.25) is 0 Å². The van der Waals surface area contributed by atoms with Crippen LogP contribution in [-0.4, -0.2) is 28.2 Å². The molecule has 1 heterocycles. The number of thioether (sulfide) groups is 1. The second-order valence-electron chi connectivity index (χ2n) is 3.22. The molecule has 0 aliphatic carbocycles. The lowest BCUT2D eigenvalue weighted by Crippen LogP contribution is -2.22. The number of aromatic nitrogens is 2. The van der Waals surface area contributed by atoms with Crippen molar-refractivity contribution in [2.75, 3.05) is 12.0 Å². The van der Waals surface area contributed by atoms with Gasteiger partial charge in [0.1, 0.15) is 0 Å². The highest BCUT2D eigenvalue weighted by Crippen LogP contribution is 2.04. The Morgan fingerprint density at radius 1 is 1.57 bits per heavy atom. The summed E-state index contributed by atoms with van der Waals surface area (Å²) in [5.74, 6) is 2.47. The smallest absolute Gasteiger partial charge is 0.227 e. The molecule has 0 bridgehead atoms. The Kier molecular flexibility index (Phi) is 4.97. The molecule has 0 amide bonds. The molecule has 4 nitrogen and oxygen atoms in total. The van der Waals surface area contributed by atoms with Crippen LogP contribution >= 0.6 is 11.8 Å². The van der Waals surface area contributed by atoms with Crippen molar-refractivity contribution in [3.05, 3.63) is 11.7 Å². The average molecular weight is 215 g/mol. The third-order valence-corrected chi connectivity index (χ3v) is 2.61. The van der Waals surface area contributed by atoms with Crippen LogP contribution in [0.4, 0.5) is 0 Å². The van der Waals surface area contributed by atoms with Crippen LogP contribution in [0.5, 0.6) is 0 Å². The van der Waals surface area contributed by atoms with Crippen LogP contribution in [0.25, 0.3) is 0 Å². The van der Waals surface area contributed by atoms with Gasteiger partial charge in [-0.25, -0.2) is 0 Å². The molecule has 0 saturated carbocycles. The Bertz CT molecular complexity index is 264. The Hall–Kier alpha value is -0.550. The fourth-order valence-electron chi connectivity index (χ4n) is 1.04. The van der Waals surface area contributed by atoms with Crippen LogP contribution in [0.2, 0.25) is 0 Å². The van der Waals surface area contributed by atoms with Gasteiger partial charge in [-0.1, -0.05) is 12.1 Å². The zero-order chi connectivity index (χ0) is 10.4. The predicted molar refractivity (Wildman–Crippen MR) is 58.4 cm³/mol. The van der Waals surface area contributed by atoms with Crippen molar-refractivity contribution in [3.8, 4) is 0 Å². The molecule has 1 atom stereocenters. The Balaban J connectivity index is 2.42. The molecule has 1 aromatic heterocycles. The maximum absolute atomic E-state index is 5.79. The summed E-state index contributed by atoms with van der Waals surface area (Å²) in [6.07, 6.45) is 4.55. The van der Waals surface area contributed by atoms with E-state index in [9.17, 15) is 0 Å². The van der Waals surface area contributed by atoms with E-state index in [0.29, 0.717) is 6.42 Å². The van der Waals surface area contributed by atoms with Crippen molar-refractivity contribution in [1.29, 1.82) is 0 Å². The minimum atomic E-state index is 0.140.